The fourth-order valence-electron chi connectivity index (χ4n) is 3.02. The van der Waals surface area contributed by atoms with Crippen LogP contribution in [0.5, 0.6) is 0 Å². The standard InChI is InChI=1S/C17H26N2O.ClH/c1-13(14(2)18)16(20)19-11-7-10-17(3,12-19)15-8-5-4-6-9-15;/h4-6,8-9,13-14H,7,10-12,18H2,1-3H3;1H. The highest BCUT2D eigenvalue weighted by Gasteiger charge is 2.36. The molecule has 1 aromatic carbocycles. The van der Waals surface area contributed by atoms with Crippen LogP contribution in [0.1, 0.15) is 39.2 Å². The Morgan fingerprint density at radius 1 is 1.29 bits per heavy atom. The van der Waals surface area contributed by atoms with Crippen molar-refractivity contribution in [3.63, 3.8) is 0 Å². The molecule has 1 fully saturated rings. The van der Waals surface area contributed by atoms with Crippen LogP contribution < -0.4 is 5.73 Å². The van der Waals surface area contributed by atoms with Gasteiger partial charge in [0.2, 0.25) is 5.91 Å². The quantitative estimate of drug-likeness (QED) is 0.933. The third kappa shape index (κ3) is 3.98. The minimum atomic E-state index is -0.104. The Labute approximate surface area is 134 Å². The van der Waals surface area contributed by atoms with E-state index in [4.69, 9.17) is 5.73 Å². The van der Waals surface area contributed by atoms with E-state index in [1.807, 2.05) is 24.8 Å². The van der Waals surface area contributed by atoms with E-state index in [0.717, 1.165) is 25.9 Å². The van der Waals surface area contributed by atoms with E-state index in [1.165, 1.54) is 5.56 Å². The van der Waals surface area contributed by atoms with Gasteiger partial charge in [-0.05, 0) is 25.3 Å². The molecule has 3 atom stereocenters. The summed E-state index contributed by atoms with van der Waals surface area (Å²) in [6.07, 6.45) is 2.19. The average Bonchev–Trinajstić information content (AvgIpc) is 2.46. The number of halogens is 1. The van der Waals surface area contributed by atoms with E-state index >= 15 is 0 Å². The highest BCUT2D eigenvalue weighted by molar-refractivity contribution is 5.85. The van der Waals surface area contributed by atoms with Gasteiger partial charge in [-0.25, -0.2) is 0 Å². The van der Waals surface area contributed by atoms with Crippen LogP contribution in [0.3, 0.4) is 0 Å². The molecule has 1 amide bonds. The number of carbonyl (C=O) groups excluding carboxylic acids is 1. The van der Waals surface area contributed by atoms with Crippen LogP contribution in [0, 0.1) is 5.92 Å². The highest BCUT2D eigenvalue weighted by atomic mass is 35.5. The van der Waals surface area contributed by atoms with Gasteiger partial charge in [0.05, 0.1) is 5.92 Å². The van der Waals surface area contributed by atoms with Crippen molar-refractivity contribution in [1.29, 1.82) is 0 Å². The Balaban J connectivity index is 0.00000220. The third-order valence-electron chi connectivity index (χ3n) is 4.66. The zero-order valence-corrected chi connectivity index (χ0v) is 14.0. The number of hydrogen-bond donors (Lipinski definition) is 1. The summed E-state index contributed by atoms with van der Waals surface area (Å²) in [5, 5.41) is 0. The maximum Gasteiger partial charge on any atom is 0.226 e. The first-order valence-corrected chi connectivity index (χ1v) is 7.54. The molecule has 1 aliphatic heterocycles. The van der Waals surface area contributed by atoms with Gasteiger partial charge in [0, 0.05) is 24.5 Å². The molecule has 0 aliphatic carbocycles. The zero-order chi connectivity index (χ0) is 14.8. The number of nitrogens with two attached hydrogens (primary N) is 1. The Bertz CT molecular complexity index is 463. The van der Waals surface area contributed by atoms with E-state index in [-0.39, 0.29) is 35.7 Å². The lowest BCUT2D eigenvalue weighted by Gasteiger charge is -2.42. The summed E-state index contributed by atoms with van der Waals surface area (Å²) in [6, 6.07) is 10.4. The second kappa shape index (κ2) is 7.28. The summed E-state index contributed by atoms with van der Waals surface area (Å²) < 4.78 is 0. The van der Waals surface area contributed by atoms with Crippen LogP contribution in [0.4, 0.5) is 0 Å². The number of benzene rings is 1. The topological polar surface area (TPSA) is 46.3 Å². The smallest absolute Gasteiger partial charge is 0.226 e. The summed E-state index contributed by atoms with van der Waals surface area (Å²) in [6.45, 7) is 7.76. The molecule has 4 heteroatoms. The van der Waals surface area contributed by atoms with Gasteiger partial charge in [-0.15, -0.1) is 12.4 Å². The molecule has 0 bridgehead atoms. The largest absolute Gasteiger partial charge is 0.342 e. The molecule has 3 unspecified atom stereocenters. The zero-order valence-electron chi connectivity index (χ0n) is 13.2. The fraction of sp³-hybridized carbons (Fsp3) is 0.588. The number of nitrogens with zero attached hydrogens (tertiary/aromatic N) is 1. The van der Waals surface area contributed by atoms with Crippen molar-refractivity contribution in [2.45, 2.75) is 45.1 Å². The molecule has 21 heavy (non-hydrogen) atoms. The summed E-state index contributed by atoms with van der Waals surface area (Å²) >= 11 is 0. The summed E-state index contributed by atoms with van der Waals surface area (Å²) in [5.41, 5.74) is 7.26. The van der Waals surface area contributed by atoms with Crippen molar-refractivity contribution in [1.82, 2.24) is 4.90 Å². The molecule has 0 saturated carbocycles. The molecule has 3 nitrogen and oxygen atoms in total. The highest BCUT2D eigenvalue weighted by Crippen LogP contribution is 2.34. The number of hydrogen-bond acceptors (Lipinski definition) is 2. The second-order valence-corrected chi connectivity index (χ2v) is 6.44. The van der Waals surface area contributed by atoms with Gasteiger partial charge in [0.1, 0.15) is 0 Å². The van der Waals surface area contributed by atoms with E-state index in [1.54, 1.807) is 0 Å². The van der Waals surface area contributed by atoms with Gasteiger partial charge in [-0.3, -0.25) is 4.79 Å². The summed E-state index contributed by atoms with van der Waals surface area (Å²) in [4.78, 5) is 14.5. The van der Waals surface area contributed by atoms with Gasteiger partial charge in [-0.2, -0.15) is 0 Å². The van der Waals surface area contributed by atoms with Gasteiger partial charge in [-0.1, -0.05) is 44.2 Å². The molecule has 0 radical (unpaired) electrons. The Hall–Kier alpha value is -1.06. The number of carbonyl (C=O) groups is 1. The minimum Gasteiger partial charge on any atom is -0.342 e. The van der Waals surface area contributed by atoms with Crippen molar-refractivity contribution in [3.8, 4) is 0 Å². The molecular weight excluding hydrogens is 284 g/mol. The lowest BCUT2D eigenvalue weighted by molar-refractivity contribution is -0.137. The van der Waals surface area contributed by atoms with Crippen molar-refractivity contribution < 1.29 is 4.79 Å². The maximum absolute atomic E-state index is 12.5. The second-order valence-electron chi connectivity index (χ2n) is 6.44. The first-order chi connectivity index (χ1) is 9.44. The van der Waals surface area contributed by atoms with Crippen molar-refractivity contribution in [2.24, 2.45) is 11.7 Å². The molecule has 1 heterocycles. The predicted molar refractivity (Wildman–Crippen MR) is 89.7 cm³/mol. The Morgan fingerprint density at radius 3 is 2.48 bits per heavy atom. The monoisotopic (exact) mass is 310 g/mol. The SMILES string of the molecule is CC(N)C(C)C(=O)N1CCCC(C)(c2ccccc2)C1.Cl. The first-order valence-electron chi connectivity index (χ1n) is 7.54. The van der Waals surface area contributed by atoms with E-state index in [9.17, 15) is 4.79 Å². The molecule has 0 spiro atoms. The Kier molecular flexibility index (Phi) is 6.24. The van der Waals surface area contributed by atoms with E-state index in [0.29, 0.717) is 0 Å². The van der Waals surface area contributed by atoms with Crippen molar-refractivity contribution >= 4 is 18.3 Å². The van der Waals surface area contributed by atoms with Crippen LogP contribution in [0.15, 0.2) is 30.3 Å². The molecule has 1 saturated heterocycles. The average molecular weight is 311 g/mol. The van der Waals surface area contributed by atoms with Crippen molar-refractivity contribution in [2.75, 3.05) is 13.1 Å². The Morgan fingerprint density at radius 2 is 1.90 bits per heavy atom. The third-order valence-corrected chi connectivity index (χ3v) is 4.66. The van der Waals surface area contributed by atoms with Crippen molar-refractivity contribution in [3.05, 3.63) is 35.9 Å². The maximum atomic E-state index is 12.5. The van der Waals surface area contributed by atoms with Gasteiger partial charge < -0.3 is 10.6 Å². The molecule has 1 aliphatic rings. The number of piperidine rings is 1. The number of likely N-dealkylation sites (tertiary alicyclic amines) is 1. The molecule has 0 aromatic heterocycles. The van der Waals surface area contributed by atoms with Crippen LogP contribution in [0.2, 0.25) is 0 Å². The number of rotatable bonds is 3. The van der Waals surface area contributed by atoms with Crippen LogP contribution >= 0.6 is 12.4 Å². The molecule has 118 valence electrons. The lowest BCUT2D eigenvalue weighted by atomic mass is 9.75. The van der Waals surface area contributed by atoms with E-state index in [2.05, 4.69) is 31.2 Å². The lowest BCUT2D eigenvalue weighted by Crippen LogP contribution is -2.50. The fourth-order valence-corrected chi connectivity index (χ4v) is 3.02. The molecule has 2 N–H and O–H groups in total. The summed E-state index contributed by atoms with van der Waals surface area (Å²) in [7, 11) is 0. The van der Waals surface area contributed by atoms with Crippen LogP contribution in [-0.4, -0.2) is 29.9 Å². The van der Waals surface area contributed by atoms with Crippen LogP contribution in [0.25, 0.3) is 0 Å². The normalized spacial score (nSPS) is 24.9. The molecule has 2 rings (SSSR count). The minimum absolute atomic E-state index is 0. The molecule has 1 aromatic rings. The van der Waals surface area contributed by atoms with Gasteiger partial charge in [0.15, 0.2) is 0 Å². The van der Waals surface area contributed by atoms with Crippen LogP contribution in [-0.2, 0) is 10.2 Å². The van der Waals surface area contributed by atoms with Gasteiger partial charge >= 0.3 is 0 Å². The predicted octanol–water partition coefficient (Wildman–Crippen LogP) is 2.97. The first kappa shape index (κ1) is 18.0. The van der Waals surface area contributed by atoms with Gasteiger partial charge in [0.25, 0.3) is 0 Å². The molecular formula is C17H27ClN2O. The van der Waals surface area contributed by atoms with E-state index < -0.39 is 0 Å². The number of amides is 1. The summed E-state index contributed by atoms with van der Waals surface area (Å²) in [5.74, 6) is 0.0926.